The van der Waals surface area contributed by atoms with E-state index in [0.29, 0.717) is 16.1 Å². The monoisotopic (exact) mass is 375 g/mol. The van der Waals surface area contributed by atoms with Crippen LogP contribution in [0, 0.1) is 11.7 Å². The number of nitrogens with zero attached hydrogens (tertiary/aromatic N) is 1. The van der Waals surface area contributed by atoms with Crippen molar-refractivity contribution < 1.29 is 14.3 Å². The van der Waals surface area contributed by atoms with Gasteiger partial charge in [-0.1, -0.05) is 23.7 Å². The van der Waals surface area contributed by atoms with Gasteiger partial charge in [0.1, 0.15) is 5.82 Å². The molecule has 1 aliphatic rings. The SMILES string of the molecule is CC(C(O)c1ccc(F)cc1)N1CCC(C(=O)c2ccc(Cl)cc2)CC1. The standard InChI is InChI=1S/C21H23ClFNO2/c1-14(20(25)15-4-8-19(23)9-5-15)24-12-10-17(11-13-24)21(26)16-2-6-18(22)7-3-16/h2-9,14,17,20,25H,10-13H2,1H3. The number of rotatable bonds is 5. The van der Waals surface area contributed by atoms with Crippen molar-refractivity contribution in [3.8, 4) is 0 Å². The number of aliphatic hydroxyl groups is 1. The van der Waals surface area contributed by atoms with E-state index in [9.17, 15) is 14.3 Å². The van der Waals surface area contributed by atoms with Crippen LogP contribution in [0.2, 0.25) is 5.02 Å². The Morgan fingerprint density at radius 2 is 1.69 bits per heavy atom. The van der Waals surface area contributed by atoms with Crippen LogP contribution in [0.15, 0.2) is 48.5 Å². The molecule has 2 aromatic rings. The molecule has 1 aliphatic heterocycles. The number of hydrogen-bond acceptors (Lipinski definition) is 3. The highest BCUT2D eigenvalue weighted by atomic mass is 35.5. The number of benzene rings is 2. The Balaban J connectivity index is 1.58. The van der Waals surface area contributed by atoms with E-state index < -0.39 is 6.10 Å². The van der Waals surface area contributed by atoms with E-state index in [1.807, 2.05) is 6.92 Å². The van der Waals surface area contributed by atoms with Crippen LogP contribution < -0.4 is 0 Å². The first kappa shape index (κ1) is 19.0. The Kier molecular flexibility index (Phi) is 6.07. The number of carbonyl (C=O) groups is 1. The quantitative estimate of drug-likeness (QED) is 0.782. The summed E-state index contributed by atoms with van der Waals surface area (Å²) in [6.45, 7) is 3.47. The van der Waals surface area contributed by atoms with Crippen molar-refractivity contribution in [2.24, 2.45) is 5.92 Å². The second-order valence-corrected chi connectivity index (χ2v) is 7.35. The summed E-state index contributed by atoms with van der Waals surface area (Å²) in [7, 11) is 0. The average Bonchev–Trinajstić information content (AvgIpc) is 2.67. The molecule has 1 N–H and O–H groups in total. The highest BCUT2D eigenvalue weighted by molar-refractivity contribution is 6.30. The molecule has 3 nitrogen and oxygen atoms in total. The molecule has 0 spiro atoms. The number of carbonyl (C=O) groups excluding carboxylic acids is 1. The molecule has 1 heterocycles. The van der Waals surface area contributed by atoms with E-state index in [-0.39, 0.29) is 23.6 Å². The second-order valence-electron chi connectivity index (χ2n) is 6.92. The zero-order valence-electron chi connectivity index (χ0n) is 14.7. The van der Waals surface area contributed by atoms with Gasteiger partial charge in [-0.3, -0.25) is 9.69 Å². The molecule has 1 saturated heterocycles. The molecule has 0 aliphatic carbocycles. The minimum atomic E-state index is -0.681. The van der Waals surface area contributed by atoms with Crippen molar-refractivity contribution in [2.45, 2.75) is 31.9 Å². The van der Waals surface area contributed by atoms with Gasteiger partial charge >= 0.3 is 0 Å². The zero-order chi connectivity index (χ0) is 18.7. The molecule has 0 aromatic heterocycles. The number of Topliss-reactive ketones (excluding diaryl/α,β-unsaturated/α-hetero) is 1. The summed E-state index contributed by atoms with van der Waals surface area (Å²) < 4.78 is 13.1. The number of aliphatic hydroxyl groups excluding tert-OH is 1. The Bertz CT molecular complexity index is 740. The largest absolute Gasteiger partial charge is 0.387 e. The molecular weight excluding hydrogens is 353 g/mol. The smallest absolute Gasteiger partial charge is 0.166 e. The molecule has 26 heavy (non-hydrogen) atoms. The zero-order valence-corrected chi connectivity index (χ0v) is 15.5. The van der Waals surface area contributed by atoms with Gasteiger partial charge in [0.15, 0.2) is 5.78 Å². The van der Waals surface area contributed by atoms with E-state index in [1.54, 1.807) is 36.4 Å². The van der Waals surface area contributed by atoms with Gasteiger partial charge in [-0.05, 0) is 74.8 Å². The lowest BCUT2D eigenvalue weighted by molar-refractivity contribution is 0.0362. The Labute approximate surface area is 158 Å². The summed E-state index contributed by atoms with van der Waals surface area (Å²) in [6.07, 6.45) is 0.850. The third-order valence-corrected chi connectivity index (χ3v) is 5.53. The number of ketones is 1. The molecule has 2 unspecified atom stereocenters. The fourth-order valence-corrected chi connectivity index (χ4v) is 3.68. The number of piperidine rings is 1. The van der Waals surface area contributed by atoms with Crippen LogP contribution in [0.3, 0.4) is 0 Å². The van der Waals surface area contributed by atoms with Crippen LogP contribution in [-0.4, -0.2) is 34.9 Å². The lowest BCUT2D eigenvalue weighted by Crippen LogP contribution is -2.44. The van der Waals surface area contributed by atoms with Gasteiger partial charge in [-0.2, -0.15) is 0 Å². The van der Waals surface area contributed by atoms with Gasteiger partial charge in [-0.15, -0.1) is 0 Å². The van der Waals surface area contributed by atoms with Crippen molar-refractivity contribution in [2.75, 3.05) is 13.1 Å². The van der Waals surface area contributed by atoms with E-state index in [4.69, 9.17) is 11.6 Å². The molecule has 3 rings (SSSR count). The number of halogens is 2. The van der Waals surface area contributed by atoms with E-state index >= 15 is 0 Å². The summed E-state index contributed by atoms with van der Waals surface area (Å²) in [6, 6.07) is 12.9. The molecule has 0 bridgehead atoms. The molecule has 1 fully saturated rings. The molecule has 0 amide bonds. The van der Waals surface area contributed by atoms with Crippen molar-refractivity contribution >= 4 is 17.4 Å². The van der Waals surface area contributed by atoms with E-state index in [0.717, 1.165) is 25.9 Å². The first-order chi connectivity index (χ1) is 12.5. The summed E-state index contributed by atoms with van der Waals surface area (Å²) in [5.41, 5.74) is 1.41. The third-order valence-electron chi connectivity index (χ3n) is 5.27. The van der Waals surface area contributed by atoms with Crippen LogP contribution in [0.4, 0.5) is 4.39 Å². The van der Waals surface area contributed by atoms with Crippen molar-refractivity contribution in [1.29, 1.82) is 0 Å². The summed E-state index contributed by atoms with van der Waals surface area (Å²) in [4.78, 5) is 14.8. The maximum Gasteiger partial charge on any atom is 0.166 e. The van der Waals surface area contributed by atoms with Gasteiger partial charge in [0.25, 0.3) is 0 Å². The summed E-state index contributed by atoms with van der Waals surface area (Å²) in [5, 5.41) is 11.2. The minimum Gasteiger partial charge on any atom is -0.387 e. The van der Waals surface area contributed by atoms with Gasteiger partial charge in [0.2, 0.25) is 0 Å². The molecule has 138 valence electrons. The normalized spacial score (nSPS) is 18.5. The maximum atomic E-state index is 13.1. The lowest BCUT2D eigenvalue weighted by Gasteiger charge is -2.37. The van der Waals surface area contributed by atoms with Gasteiger partial charge in [-0.25, -0.2) is 4.39 Å². The van der Waals surface area contributed by atoms with Crippen molar-refractivity contribution in [3.63, 3.8) is 0 Å². The average molecular weight is 376 g/mol. The van der Waals surface area contributed by atoms with Gasteiger partial charge in [0, 0.05) is 22.5 Å². The van der Waals surface area contributed by atoms with Gasteiger partial charge < -0.3 is 5.11 Å². The highest BCUT2D eigenvalue weighted by Gasteiger charge is 2.30. The van der Waals surface area contributed by atoms with E-state index in [2.05, 4.69) is 4.90 Å². The Morgan fingerprint density at radius 1 is 1.12 bits per heavy atom. The molecule has 2 aromatic carbocycles. The van der Waals surface area contributed by atoms with Crippen molar-refractivity contribution in [1.82, 2.24) is 4.90 Å². The van der Waals surface area contributed by atoms with Crippen LogP contribution in [-0.2, 0) is 0 Å². The lowest BCUT2D eigenvalue weighted by atomic mass is 9.88. The van der Waals surface area contributed by atoms with Crippen LogP contribution in [0.1, 0.15) is 41.8 Å². The van der Waals surface area contributed by atoms with E-state index in [1.165, 1.54) is 12.1 Å². The first-order valence-electron chi connectivity index (χ1n) is 8.93. The molecule has 5 heteroatoms. The van der Waals surface area contributed by atoms with Crippen molar-refractivity contribution in [3.05, 3.63) is 70.5 Å². The van der Waals surface area contributed by atoms with Gasteiger partial charge in [0.05, 0.1) is 6.10 Å². The Morgan fingerprint density at radius 3 is 2.27 bits per heavy atom. The predicted molar refractivity (Wildman–Crippen MR) is 101 cm³/mol. The molecule has 0 saturated carbocycles. The Hall–Kier alpha value is -1.75. The second kappa shape index (κ2) is 8.30. The topological polar surface area (TPSA) is 40.5 Å². The van der Waals surface area contributed by atoms with Crippen LogP contribution in [0.25, 0.3) is 0 Å². The van der Waals surface area contributed by atoms with Crippen LogP contribution >= 0.6 is 11.6 Å². The molecule has 2 atom stereocenters. The number of hydrogen-bond donors (Lipinski definition) is 1. The fourth-order valence-electron chi connectivity index (χ4n) is 3.56. The molecular formula is C21H23ClFNO2. The third kappa shape index (κ3) is 4.32. The van der Waals surface area contributed by atoms with Crippen LogP contribution in [0.5, 0.6) is 0 Å². The first-order valence-corrected chi connectivity index (χ1v) is 9.31. The maximum absolute atomic E-state index is 13.1. The predicted octanol–water partition coefficient (Wildman–Crippen LogP) is 4.50. The fraction of sp³-hybridized carbons (Fsp3) is 0.381. The minimum absolute atomic E-state index is 0.00240. The summed E-state index contributed by atoms with van der Waals surface area (Å²) >= 11 is 5.88. The number of likely N-dealkylation sites (tertiary alicyclic amines) is 1. The summed E-state index contributed by atoms with van der Waals surface area (Å²) in [5.74, 6) is -0.147. The highest BCUT2D eigenvalue weighted by Crippen LogP contribution is 2.28. The molecule has 0 radical (unpaired) electrons.